The lowest BCUT2D eigenvalue weighted by Crippen LogP contribution is -2.52. The van der Waals surface area contributed by atoms with E-state index in [9.17, 15) is 5.11 Å². The van der Waals surface area contributed by atoms with Gasteiger partial charge in [0.25, 0.3) is 0 Å². The molecule has 2 aromatic rings. The number of nitrogens with zero attached hydrogens (tertiary/aromatic N) is 3. The topological polar surface area (TPSA) is 39.6 Å². The van der Waals surface area contributed by atoms with Crippen molar-refractivity contribution in [3.05, 3.63) is 38.5 Å². The van der Waals surface area contributed by atoms with Crippen molar-refractivity contribution < 1.29 is 5.11 Å². The highest BCUT2D eigenvalue weighted by molar-refractivity contribution is 7.09. The molecule has 0 aromatic carbocycles. The Balaban J connectivity index is 1.59. The lowest BCUT2D eigenvalue weighted by atomic mass is 10.1. The molecule has 1 aliphatic heterocycles. The Morgan fingerprint density at radius 3 is 2.83 bits per heavy atom. The van der Waals surface area contributed by atoms with Gasteiger partial charge in [0.05, 0.1) is 12.2 Å². The van der Waals surface area contributed by atoms with E-state index in [1.54, 1.807) is 22.7 Å². The molecule has 1 aliphatic rings. The summed E-state index contributed by atoms with van der Waals surface area (Å²) in [6.07, 6.45) is 0.843. The van der Waals surface area contributed by atoms with Crippen LogP contribution in [0.3, 0.4) is 0 Å². The zero-order valence-corrected chi connectivity index (χ0v) is 16.2. The molecule has 0 saturated carbocycles. The number of aliphatic hydroxyl groups is 1. The van der Waals surface area contributed by atoms with E-state index in [0.717, 1.165) is 39.1 Å². The Morgan fingerprint density at radius 1 is 1.29 bits per heavy atom. The van der Waals surface area contributed by atoms with Crippen molar-refractivity contribution in [2.24, 2.45) is 0 Å². The van der Waals surface area contributed by atoms with E-state index in [4.69, 9.17) is 4.98 Å². The van der Waals surface area contributed by atoms with E-state index >= 15 is 0 Å². The van der Waals surface area contributed by atoms with Gasteiger partial charge >= 0.3 is 0 Å². The standard InChI is InChI=1S/C18H27N3OS2/c1-14(2)17-13-24-18(19-17)11-20-5-6-21(16(10-20)3-7-22)9-15-4-8-23-12-15/h4,8,12-14,16,22H,3,5-7,9-11H2,1-2H3. The number of hydrogen-bond acceptors (Lipinski definition) is 6. The first-order valence-corrected chi connectivity index (χ1v) is 10.5. The van der Waals surface area contributed by atoms with Gasteiger partial charge in [-0.2, -0.15) is 11.3 Å². The normalized spacial score (nSPS) is 20.1. The summed E-state index contributed by atoms with van der Waals surface area (Å²) < 4.78 is 0. The van der Waals surface area contributed by atoms with E-state index in [2.05, 4.69) is 45.9 Å². The third-order valence-corrected chi connectivity index (χ3v) is 6.22. The molecule has 3 heterocycles. The quantitative estimate of drug-likeness (QED) is 0.816. The van der Waals surface area contributed by atoms with Crippen LogP contribution in [-0.4, -0.2) is 52.2 Å². The van der Waals surface area contributed by atoms with Gasteiger partial charge in [-0.05, 0) is 34.7 Å². The lowest BCUT2D eigenvalue weighted by Gasteiger charge is -2.41. The Kier molecular flexibility index (Phi) is 6.41. The summed E-state index contributed by atoms with van der Waals surface area (Å²) in [5, 5.41) is 17.2. The smallest absolute Gasteiger partial charge is 0.107 e. The zero-order valence-electron chi connectivity index (χ0n) is 14.5. The fraction of sp³-hybridized carbons (Fsp3) is 0.611. The van der Waals surface area contributed by atoms with Crippen LogP contribution < -0.4 is 0 Å². The third kappa shape index (κ3) is 4.64. The number of aliphatic hydroxyl groups excluding tert-OH is 1. The molecule has 0 bridgehead atoms. The highest BCUT2D eigenvalue weighted by atomic mass is 32.1. The number of piperazine rings is 1. The van der Waals surface area contributed by atoms with Crippen LogP contribution in [0.5, 0.6) is 0 Å². The van der Waals surface area contributed by atoms with Crippen molar-refractivity contribution in [1.29, 1.82) is 0 Å². The van der Waals surface area contributed by atoms with Gasteiger partial charge in [-0.1, -0.05) is 13.8 Å². The fourth-order valence-electron chi connectivity index (χ4n) is 3.20. The van der Waals surface area contributed by atoms with Crippen LogP contribution in [0.1, 0.15) is 42.5 Å². The van der Waals surface area contributed by atoms with Gasteiger partial charge in [0, 0.05) is 44.2 Å². The summed E-state index contributed by atoms with van der Waals surface area (Å²) in [7, 11) is 0. The van der Waals surface area contributed by atoms with Crippen LogP contribution in [-0.2, 0) is 13.1 Å². The Hall–Kier alpha value is -0.790. The molecule has 1 unspecified atom stereocenters. The van der Waals surface area contributed by atoms with Gasteiger partial charge in [-0.25, -0.2) is 4.98 Å². The minimum atomic E-state index is 0.257. The molecule has 132 valence electrons. The monoisotopic (exact) mass is 365 g/mol. The van der Waals surface area contributed by atoms with Crippen LogP contribution in [0, 0.1) is 0 Å². The summed E-state index contributed by atoms with van der Waals surface area (Å²) >= 11 is 3.53. The minimum absolute atomic E-state index is 0.257. The van der Waals surface area contributed by atoms with E-state index in [0.29, 0.717) is 12.0 Å². The fourth-order valence-corrected chi connectivity index (χ4v) is 4.86. The summed E-state index contributed by atoms with van der Waals surface area (Å²) in [5.41, 5.74) is 2.59. The molecule has 0 aliphatic carbocycles. The van der Waals surface area contributed by atoms with Crippen LogP contribution in [0.25, 0.3) is 0 Å². The maximum Gasteiger partial charge on any atom is 0.107 e. The van der Waals surface area contributed by atoms with Crippen molar-refractivity contribution >= 4 is 22.7 Å². The van der Waals surface area contributed by atoms with Crippen molar-refractivity contribution in [1.82, 2.24) is 14.8 Å². The minimum Gasteiger partial charge on any atom is -0.396 e. The second-order valence-electron chi connectivity index (χ2n) is 6.82. The van der Waals surface area contributed by atoms with Gasteiger partial charge in [-0.15, -0.1) is 11.3 Å². The second-order valence-corrected chi connectivity index (χ2v) is 8.55. The van der Waals surface area contributed by atoms with Crippen molar-refractivity contribution in [3.63, 3.8) is 0 Å². The molecule has 0 spiro atoms. The first-order valence-electron chi connectivity index (χ1n) is 8.68. The maximum atomic E-state index is 9.45. The number of thiazole rings is 1. The summed E-state index contributed by atoms with van der Waals surface area (Å²) in [6, 6.07) is 2.63. The molecule has 0 amide bonds. The summed E-state index contributed by atoms with van der Waals surface area (Å²) in [4.78, 5) is 9.79. The van der Waals surface area contributed by atoms with Gasteiger partial charge in [0.1, 0.15) is 5.01 Å². The van der Waals surface area contributed by atoms with E-state index in [1.807, 2.05) is 0 Å². The van der Waals surface area contributed by atoms with E-state index < -0.39 is 0 Å². The number of aromatic nitrogens is 1. The molecule has 3 rings (SSSR count). The molecule has 2 aromatic heterocycles. The first kappa shape index (κ1) is 18.0. The SMILES string of the molecule is CC(C)c1csc(CN2CCN(Cc3ccsc3)C(CCO)C2)n1. The van der Waals surface area contributed by atoms with Gasteiger partial charge in [0.2, 0.25) is 0 Å². The van der Waals surface area contributed by atoms with Crippen LogP contribution in [0.15, 0.2) is 22.2 Å². The molecule has 1 atom stereocenters. The summed E-state index contributed by atoms with van der Waals surface area (Å²) in [5.74, 6) is 0.500. The predicted octanol–water partition coefficient (Wildman–Crippen LogP) is 3.40. The molecule has 1 N–H and O–H groups in total. The molecule has 1 saturated heterocycles. The molecule has 0 radical (unpaired) electrons. The van der Waals surface area contributed by atoms with Gasteiger partial charge in [-0.3, -0.25) is 9.80 Å². The molecular weight excluding hydrogens is 338 g/mol. The zero-order chi connectivity index (χ0) is 16.9. The maximum absolute atomic E-state index is 9.45. The van der Waals surface area contributed by atoms with Crippen LogP contribution >= 0.6 is 22.7 Å². The molecule has 1 fully saturated rings. The highest BCUT2D eigenvalue weighted by Gasteiger charge is 2.27. The Morgan fingerprint density at radius 2 is 2.17 bits per heavy atom. The van der Waals surface area contributed by atoms with Crippen LogP contribution in [0.2, 0.25) is 0 Å². The lowest BCUT2D eigenvalue weighted by molar-refractivity contribution is 0.0500. The molecule has 24 heavy (non-hydrogen) atoms. The van der Waals surface area contributed by atoms with E-state index in [1.165, 1.54) is 16.3 Å². The molecular formula is C18H27N3OS2. The summed E-state index contributed by atoms with van der Waals surface area (Å²) in [6.45, 7) is 9.72. The largest absolute Gasteiger partial charge is 0.396 e. The second kappa shape index (κ2) is 8.54. The highest BCUT2D eigenvalue weighted by Crippen LogP contribution is 2.22. The Labute approximate surface area is 152 Å². The molecule has 4 nitrogen and oxygen atoms in total. The third-order valence-electron chi connectivity index (χ3n) is 4.64. The van der Waals surface area contributed by atoms with Crippen molar-refractivity contribution in [3.8, 4) is 0 Å². The van der Waals surface area contributed by atoms with Crippen molar-refractivity contribution in [2.45, 2.75) is 45.3 Å². The van der Waals surface area contributed by atoms with E-state index in [-0.39, 0.29) is 6.61 Å². The van der Waals surface area contributed by atoms with Gasteiger partial charge < -0.3 is 5.11 Å². The average Bonchev–Trinajstić information content (AvgIpc) is 3.22. The van der Waals surface area contributed by atoms with Gasteiger partial charge in [0.15, 0.2) is 0 Å². The van der Waals surface area contributed by atoms with Crippen LogP contribution in [0.4, 0.5) is 0 Å². The van der Waals surface area contributed by atoms with Crippen molar-refractivity contribution in [2.75, 3.05) is 26.2 Å². The Bertz CT molecular complexity index is 612. The molecule has 6 heteroatoms. The average molecular weight is 366 g/mol. The number of rotatable bonds is 7. The predicted molar refractivity (Wildman–Crippen MR) is 102 cm³/mol. The number of thiophene rings is 1. The first-order chi connectivity index (χ1) is 11.7. The number of hydrogen-bond donors (Lipinski definition) is 1.